The molecular weight excluding hydrogens is 360 g/mol. The van der Waals surface area contributed by atoms with Gasteiger partial charge in [0.05, 0.1) is 6.54 Å². The number of aromatic nitrogens is 2. The van der Waals surface area contributed by atoms with Gasteiger partial charge in [0.1, 0.15) is 0 Å². The van der Waals surface area contributed by atoms with Crippen LogP contribution in [0.25, 0.3) is 11.4 Å². The maximum Gasteiger partial charge on any atom is 0.241 e. The maximum absolute atomic E-state index is 6.08. The van der Waals surface area contributed by atoms with E-state index in [4.69, 9.17) is 16.1 Å². The molecule has 1 saturated heterocycles. The van der Waals surface area contributed by atoms with Crippen molar-refractivity contribution in [1.82, 2.24) is 19.9 Å². The zero-order valence-electron chi connectivity index (χ0n) is 15.4. The van der Waals surface area contributed by atoms with Crippen LogP contribution < -0.4 is 0 Å². The van der Waals surface area contributed by atoms with E-state index >= 15 is 0 Å². The van der Waals surface area contributed by atoms with E-state index in [2.05, 4.69) is 45.1 Å². The van der Waals surface area contributed by atoms with Crippen LogP contribution in [-0.4, -0.2) is 46.1 Å². The third-order valence-corrected chi connectivity index (χ3v) is 5.13. The van der Waals surface area contributed by atoms with Crippen molar-refractivity contribution in [2.45, 2.75) is 20.0 Å². The van der Waals surface area contributed by atoms with Crippen LogP contribution in [0.15, 0.2) is 53.1 Å². The van der Waals surface area contributed by atoms with Gasteiger partial charge in [0, 0.05) is 43.3 Å². The third-order valence-electron chi connectivity index (χ3n) is 4.90. The quantitative estimate of drug-likeness (QED) is 0.667. The van der Waals surface area contributed by atoms with Crippen molar-refractivity contribution in [2.75, 3.05) is 26.2 Å². The Bertz CT molecular complexity index is 885. The minimum atomic E-state index is 0.657. The molecule has 1 aliphatic rings. The molecule has 0 bridgehead atoms. The molecule has 0 amide bonds. The van der Waals surface area contributed by atoms with E-state index in [1.807, 2.05) is 30.3 Å². The Morgan fingerprint density at radius 1 is 0.963 bits per heavy atom. The van der Waals surface area contributed by atoms with Gasteiger partial charge in [-0.1, -0.05) is 58.7 Å². The van der Waals surface area contributed by atoms with Crippen LogP contribution in [0.5, 0.6) is 0 Å². The topological polar surface area (TPSA) is 45.4 Å². The minimum Gasteiger partial charge on any atom is -0.338 e. The summed E-state index contributed by atoms with van der Waals surface area (Å²) >= 11 is 6.08. The van der Waals surface area contributed by atoms with Crippen LogP contribution in [0.1, 0.15) is 17.0 Å². The van der Waals surface area contributed by atoms with Gasteiger partial charge in [0.25, 0.3) is 0 Å². The van der Waals surface area contributed by atoms with Crippen LogP contribution in [0.2, 0.25) is 5.02 Å². The van der Waals surface area contributed by atoms with Gasteiger partial charge in [-0.05, 0) is 24.6 Å². The lowest BCUT2D eigenvalue weighted by molar-refractivity contribution is 0.112. The second-order valence-corrected chi connectivity index (χ2v) is 7.50. The second-order valence-electron chi connectivity index (χ2n) is 7.06. The summed E-state index contributed by atoms with van der Waals surface area (Å²) in [7, 11) is 0. The highest BCUT2D eigenvalue weighted by Gasteiger charge is 2.19. The summed E-state index contributed by atoms with van der Waals surface area (Å²) < 4.78 is 5.46. The fourth-order valence-electron chi connectivity index (χ4n) is 3.33. The predicted molar refractivity (Wildman–Crippen MR) is 106 cm³/mol. The van der Waals surface area contributed by atoms with E-state index in [0.29, 0.717) is 18.3 Å². The summed E-state index contributed by atoms with van der Waals surface area (Å²) in [5, 5.41) is 4.92. The summed E-state index contributed by atoms with van der Waals surface area (Å²) in [6.07, 6.45) is 0. The van der Waals surface area contributed by atoms with Crippen LogP contribution in [0.4, 0.5) is 0 Å². The van der Waals surface area contributed by atoms with Crippen molar-refractivity contribution in [3.8, 4) is 11.4 Å². The standard InChI is InChI=1S/C21H23ClN4O/c1-16-5-7-18(8-6-16)21-23-20(27-24-21)15-26-11-9-25(10-12-26)14-17-3-2-4-19(22)13-17/h2-8,13H,9-12,14-15H2,1H3. The number of nitrogens with zero attached hydrogens (tertiary/aromatic N) is 4. The highest BCUT2D eigenvalue weighted by molar-refractivity contribution is 6.30. The molecule has 5 nitrogen and oxygen atoms in total. The monoisotopic (exact) mass is 382 g/mol. The number of benzene rings is 2. The van der Waals surface area contributed by atoms with Gasteiger partial charge in [0.15, 0.2) is 0 Å². The summed E-state index contributed by atoms with van der Waals surface area (Å²) in [6.45, 7) is 7.72. The number of halogens is 1. The molecule has 4 rings (SSSR count). The lowest BCUT2D eigenvalue weighted by Gasteiger charge is -2.33. The second kappa shape index (κ2) is 8.21. The van der Waals surface area contributed by atoms with Crippen LogP contribution in [0, 0.1) is 6.92 Å². The Morgan fingerprint density at radius 3 is 2.37 bits per heavy atom. The van der Waals surface area contributed by atoms with Crippen molar-refractivity contribution in [1.29, 1.82) is 0 Å². The van der Waals surface area contributed by atoms with E-state index in [1.54, 1.807) is 0 Å². The molecule has 27 heavy (non-hydrogen) atoms. The first-order chi connectivity index (χ1) is 13.2. The molecule has 2 heterocycles. The number of hydrogen-bond acceptors (Lipinski definition) is 5. The summed E-state index contributed by atoms with van der Waals surface area (Å²) in [4.78, 5) is 9.37. The molecule has 0 aliphatic carbocycles. The average Bonchev–Trinajstić information content (AvgIpc) is 3.12. The molecule has 1 aliphatic heterocycles. The average molecular weight is 383 g/mol. The predicted octanol–water partition coefficient (Wildman–Crippen LogP) is 4.02. The van der Waals surface area contributed by atoms with Crippen molar-refractivity contribution in [3.63, 3.8) is 0 Å². The first-order valence-corrected chi connectivity index (χ1v) is 9.62. The first kappa shape index (κ1) is 18.2. The van der Waals surface area contributed by atoms with Crippen LogP contribution in [0.3, 0.4) is 0 Å². The van der Waals surface area contributed by atoms with Crippen molar-refractivity contribution in [3.05, 3.63) is 70.6 Å². The van der Waals surface area contributed by atoms with Gasteiger partial charge in [-0.3, -0.25) is 9.80 Å². The third kappa shape index (κ3) is 4.75. The normalized spacial score (nSPS) is 15.9. The van der Waals surface area contributed by atoms with E-state index in [1.165, 1.54) is 11.1 Å². The SMILES string of the molecule is Cc1ccc(-c2noc(CN3CCN(Cc4cccc(Cl)c4)CC3)n2)cc1. The summed E-state index contributed by atoms with van der Waals surface area (Å²) in [5.41, 5.74) is 3.47. The van der Waals surface area contributed by atoms with Crippen molar-refractivity contribution >= 4 is 11.6 Å². The molecule has 1 fully saturated rings. The van der Waals surface area contributed by atoms with Gasteiger partial charge in [0.2, 0.25) is 11.7 Å². The Hall–Kier alpha value is -2.21. The maximum atomic E-state index is 6.08. The fourth-order valence-corrected chi connectivity index (χ4v) is 3.54. The Balaban J connectivity index is 1.30. The summed E-state index contributed by atoms with van der Waals surface area (Å²) in [5.74, 6) is 1.33. The molecule has 2 aromatic carbocycles. The zero-order chi connectivity index (χ0) is 18.6. The Labute approximate surface area is 164 Å². The molecule has 0 saturated carbocycles. The molecule has 6 heteroatoms. The van der Waals surface area contributed by atoms with E-state index < -0.39 is 0 Å². The molecule has 0 N–H and O–H groups in total. The molecule has 0 atom stereocenters. The van der Waals surface area contributed by atoms with Crippen LogP contribution in [-0.2, 0) is 13.1 Å². The number of rotatable bonds is 5. The molecule has 0 unspecified atom stereocenters. The molecule has 0 radical (unpaired) electrons. The number of piperazine rings is 1. The van der Waals surface area contributed by atoms with E-state index in [-0.39, 0.29) is 0 Å². The highest BCUT2D eigenvalue weighted by atomic mass is 35.5. The highest BCUT2D eigenvalue weighted by Crippen LogP contribution is 2.18. The Morgan fingerprint density at radius 2 is 1.67 bits per heavy atom. The Kier molecular flexibility index (Phi) is 5.53. The van der Waals surface area contributed by atoms with Crippen molar-refractivity contribution < 1.29 is 4.52 Å². The van der Waals surface area contributed by atoms with Crippen molar-refractivity contribution in [2.24, 2.45) is 0 Å². The first-order valence-electron chi connectivity index (χ1n) is 9.24. The van der Waals surface area contributed by atoms with E-state index in [9.17, 15) is 0 Å². The van der Waals surface area contributed by atoms with Gasteiger partial charge < -0.3 is 4.52 Å². The van der Waals surface area contributed by atoms with Gasteiger partial charge in [-0.25, -0.2) is 0 Å². The van der Waals surface area contributed by atoms with Gasteiger partial charge in [-0.15, -0.1) is 0 Å². The van der Waals surface area contributed by atoms with Gasteiger partial charge in [-0.2, -0.15) is 4.98 Å². The lowest BCUT2D eigenvalue weighted by atomic mass is 10.1. The molecule has 1 aromatic heterocycles. The largest absolute Gasteiger partial charge is 0.338 e. The minimum absolute atomic E-state index is 0.657. The zero-order valence-corrected chi connectivity index (χ0v) is 16.2. The molecule has 140 valence electrons. The van der Waals surface area contributed by atoms with Gasteiger partial charge >= 0.3 is 0 Å². The molecular formula is C21H23ClN4O. The number of hydrogen-bond donors (Lipinski definition) is 0. The molecule has 3 aromatic rings. The van der Waals surface area contributed by atoms with E-state index in [0.717, 1.165) is 43.3 Å². The smallest absolute Gasteiger partial charge is 0.241 e. The number of aryl methyl sites for hydroxylation is 1. The van der Waals surface area contributed by atoms with Crippen LogP contribution >= 0.6 is 11.6 Å². The lowest BCUT2D eigenvalue weighted by Crippen LogP contribution is -2.45. The summed E-state index contributed by atoms with van der Waals surface area (Å²) in [6, 6.07) is 16.3. The molecule has 0 spiro atoms. The fraction of sp³-hybridized carbons (Fsp3) is 0.333.